The van der Waals surface area contributed by atoms with Crippen molar-refractivity contribution in [1.82, 2.24) is 0 Å². The van der Waals surface area contributed by atoms with E-state index in [1.807, 2.05) is 0 Å². The van der Waals surface area contributed by atoms with Gasteiger partial charge in [0.2, 0.25) is 0 Å². The lowest BCUT2D eigenvalue weighted by Gasteiger charge is -2.28. The molecule has 0 fully saturated rings. The number of carbonyl (C=O) groups excluding carboxylic acids is 2. The predicted octanol–water partition coefficient (Wildman–Crippen LogP) is 0.385. The number of ether oxygens (including phenoxy) is 1. The second-order valence-electron chi connectivity index (χ2n) is 5.92. The summed E-state index contributed by atoms with van der Waals surface area (Å²) in [7, 11) is -7.37. The maximum absolute atomic E-state index is 12.3. The summed E-state index contributed by atoms with van der Waals surface area (Å²) < 4.78 is 60.8. The minimum absolute atomic E-state index is 0.313. The molecule has 0 saturated heterocycles. The third-order valence-electron chi connectivity index (χ3n) is 3.23. The highest BCUT2D eigenvalue weighted by Crippen LogP contribution is 2.28. The first kappa shape index (κ1) is 23.0. The molecule has 0 aliphatic heterocycles. The molecule has 0 rings (SSSR count). The lowest BCUT2D eigenvalue weighted by Crippen LogP contribution is -2.41. The fourth-order valence-corrected chi connectivity index (χ4v) is 4.31. The maximum atomic E-state index is 12.3. The molecule has 0 amide bonds. The van der Waals surface area contributed by atoms with Gasteiger partial charge in [0.25, 0.3) is 20.2 Å². The molecule has 0 aromatic heterocycles. The van der Waals surface area contributed by atoms with Gasteiger partial charge in [0, 0.05) is 0 Å². The van der Waals surface area contributed by atoms with Gasteiger partial charge in [0.1, 0.15) is 12.4 Å². The van der Waals surface area contributed by atoms with E-state index in [1.54, 1.807) is 0 Å². The Morgan fingerprint density at radius 3 is 2.00 bits per heavy atom. The van der Waals surface area contributed by atoms with Gasteiger partial charge in [-0.3, -0.25) is 8.37 Å². The standard InChI is InChI=1S/C13H24O9S2/c1-9(8-14)21-23(16,17)10(2)7-13(4,5)24(18,19)22-11(3)12(15)20-6/h8-11H,7H2,1-6H3. The Kier molecular flexibility index (Phi) is 8.00. The van der Waals surface area contributed by atoms with Crippen molar-refractivity contribution in [3.63, 3.8) is 0 Å². The number of carbonyl (C=O) groups is 2. The van der Waals surface area contributed by atoms with E-state index < -0.39 is 48.4 Å². The maximum Gasteiger partial charge on any atom is 0.336 e. The molecule has 0 heterocycles. The van der Waals surface area contributed by atoms with Gasteiger partial charge in [-0.1, -0.05) is 0 Å². The lowest BCUT2D eigenvalue weighted by atomic mass is 10.1. The van der Waals surface area contributed by atoms with Crippen LogP contribution in [0.3, 0.4) is 0 Å². The highest BCUT2D eigenvalue weighted by Gasteiger charge is 2.42. The normalized spacial score (nSPS) is 16.9. The van der Waals surface area contributed by atoms with Crippen molar-refractivity contribution in [1.29, 1.82) is 0 Å². The van der Waals surface area contributed by atoms with Crippen LogP contribution in [0.25, 0.3) is 0 Å². The number of methoxy groups -OCH3 is 1. The Bertz CT molecular complexity index is 649. The van der Waals surface area contributed by atoms with Crippen molar-refractivity contribution in [2.45, 2.75) is 63.2 Å². The van der Waals surface area contributed by atoms with E-state index in [0.29, 0.717) is 6.29 Å². The summed E-state index contributed by atoms with van der Waals surface area (Å²) in [5.41, 5.74) is 0. The molecule has 0 saturated carbocycles. The van der Waals surface area contributed by atoms with Crippen LogP contribution in [-0.2, 0) is 42.9 Å². The summed E-state index contributed by atoms with van der Waals surface area (Å²) in [5.74, 6) is -0.877. The topological polar surface area (TPSA) is 130 Å². The third-order valence-corrected chi connectivity index (χ3v) is 7.02. The summed E-state index contributed by atoms with van der Waals surface area (Å²) in [5, 5.41) is -1.22. The smallest absolute Gasteiger partial charge is 0.336 e. The van der Waals surface area contributed by atoms with Crippen LogP contribution in [0.4, 0.5) is 0 Å². The molecule has 0 spiro atoms. The highest BCUT2D eigenvalue weighted by molar-refractivity contribution is 7.88. The van der Waals surface area contributed by atoms with Gasteiger partial charge < -0.3 is 9.53 Å². The molecule has 0 N–H and O–H groups in total. The first-order chi connectivity index (χ1) is 10.7. The molecule has 11 heteroatoms. The van der Waals surface area contributed by atoms with E-state index in [2.05, 4.69) is 8.92 Å². The van der Waals surface area contributed by atoms with Gasteiger partial charge in [-0.15, -0.1) is 0 Å². The van der Waals surface area contributed by atoms with E-state index in [0.717, 1.165) is 7.11 Å². The zero-order chi connectivity index (χ0) is 19.3. The van der Waals surface area contributed by atoms with Gasteiger partial charge in [0.05, 0.1) is 17.1 Å². The fourth-order valence-electron chi connectivity index (χ4n) is 1.75. The number of hydrogen-bond acceptors (Lipinski definition) is 9. The minimum Gasteiger partial charge on any atom is -0.467 e. The van der Waals surface area contributed by atoms with Crippen LogP contribution in [0.2, 0.25) is 0 Å². The Balaban J connectivity index is 5.24. The SMILES string of the molecule is COC(=O)C(C)OS(=O)(=O)C(C)(C)CC(C)S(=O)(=O)OC(C)C=O. The molecular weight excluding hydrogens is 364 g/mol. The number of hydrogen-bond donors (Lipinski definition) is 0. The fraction of sp³-hybridized carbons (Fsp3) is 0.846. The molecule has 0 aliphatic carbocycles. The van der Waals surface area contributed by atoms with E-state index in [9.17, 15) is 26.4 Å². The van der Waals surface area contributed by atoms with E-state index >= 15 is 0 Å². The van der Waals surface area contributed by atoms with Gasteiger partial charge >= 0.3 is 5.97 Å². The van der Waals surface area contributed by atoms with Crippen LogP contribution in [-0.4, -0.2) is 58.4 Å². The van der Waals surface area contributed by atoms with Crippen molar-refractivity contribution in [3.05, 3.63) is 0 Å². The summed E-state index contributed by atoms with van der Waals surface area (Å²) in [6.07, 6.45) is -2.59. The van der Waals surface area contributed by atoms with Gasteiger partial charge in [-0.05, 0) is 41.0 Å². The van der Waals surface area contributed by atoms with Crippen molar-refractivity contribution < 1.29 is 39.5 Å². The average Bonchev–Trinajstić information content (AvgIpc) is 2.44. The van der Waals surface area contributed by atoms with Gasteiger partial charge in [-0.25, -0.2) is 4.79 Å². The molecule has 0 bridgehead atoms. The average molecular weight is 388 g/mol. The second kappa shape index (κ2) is 8.37. The Labute approximate surface area is 142 Å². The summed E-state index contributed by atoms with van der Waals surface area (Å²) in [6, 6.07) is 0. The molecule has 0 radical (unpaired) electrons. The molecule has 0 aliphatic rings. The van der Waals surface area contributed by atoms with Crippen LogP contribution in [0.1, 0.15) is 41.0 Å². The zero-order valence-corrected chi connectivity index (χ0v) is 16.1. The molecular formula is C13H24O9S2. The molecule has 24 heavy (non-hydrogen) atoms. The molecule has 142 valence electrons. The van der Waals surface area contributed by atoms with Crippen molar-refractivity contribution in [3.8, 4) is 0 Å². The molecule has 9 nitrogen and oxygen atoms in total. The molecule has 3 unspecified atom stereocenters. The summed E-state index contributed by atoms with van der Waals surface area (Å²) >= 11 is 0. The van der Waals surface area contributed by atoms with Crippen LogP contribution < -0.4 is 0 Å². The van der Waals surface area contributed by atoms with Gasteiger partial charge in [-0.2, -0.15) is 16.8 Å². The predicted molar refractivity (Wildman–Crippen MR) is 85.2 cm³/mol. The quantitative estimate of drug-likeness (QED) is 0.296. The Morgan fingerprint density at radius 1 is 1.08 bits per heavy atom. The van der Waals surface area contributed by atoms with Gasteiger partial charge in [0.15, 0.2) is 6.10 Å². The van der Waals surface area contributed by atoms with E-state index in [4.69, 9.17) is 4.18 Å². The first-order valence-electron chi connectivity index (χ1n) is 7.08. The lowest BCUT2D eigenvalue weighted by molar-refractivity contribution is -0.147. The monoisotopic (exact) mass is 388 g/mol. The Hall–Kier alpha value is -1.04. The summed E-state index contributed by atoms with van der Waals surface area (Å²) in [6.45, 7) is 6.24. The molecule has 3 atom stereocenters. The highest BCUT2D eigenvalue weighted by atomic mass is 32.2. The number of esters is 1. The van der Waals surface area contributed by atoms with Crippen molar-refractivity contribution >= 4 is 32.5 Å². The largest absolute Gasteiger partial charge is 0.467 e. The second-order valence-corrected chi connectivity index (χ2v) is 10.1. The summed E-state index contributed by atoms with van der Waals surface area (Å²) in [4.78, 5) is 21.8. The molecule has 0 aromatic carbocycles. The van der Waals surface area contributed by atoms with Crippen LogP contribution in [0.15, 0.2) is 0 Å². The number of aldehydes is 1. The first-order valence-corrected chi connectivity index (χ1v) is 9.96. The molecule has 0 aromatic rings. The minimum atomic E-state index is -4.29. The van der Waals surface area contributed by atoms with E-state index in [1.165, 1.54) is 34.6 Å². The van der Waals surface area contributed by atoms with Crippen molar-refractivity contribution in [2.24, 2.45) is 0 Å². The third kappa shape index (κ3) is 6.11. The zero-order valence-electron chi connectivity index (χ0n) is 14.5. The van der Waals surface area contributed by atoms with Crippen molar-refractivity contribution in [2.75, 3.05) is 7.11 Å². The van der Waals surface area contributed by atoms with Crippen LogP contribution >= 0.6 is 0 Å². The number of rotatable bonds is 10. The van der Waals surface area contributed by atoms with Crippen LogP contribution in [0, 0.1) is 0 Å². The Morgan fingerprint density at radius 2 is 1.58 bits per heavy atom. The van der Waals surface area contributed by atoms with E-state index in [-0.39, 0.29) is 6.42 Å². The van der Waals surface area contributed by atoms with Crippen LogP contribution in [0.5, 0.6) is 0 Å².